The molecular formula is C22H20ClN5OS. The van der Waals surface area contributed by atoms with Crippen LogP contribution in [-0.2, 0) is 0 Å². The molecule has 1 saturated heterocycles. The average molecular weight is 438 g/mol. The summed E-state index contributed by atoms with van der Waals surface area (Å²) in [5.41, 5.74) is 2.70. The molecule has 0 radical (unpaired) electrons. The summed E-state index contributed by atoms with van der Waals surface area (Å²) in [6.45, 7) is 1.44. The molecule has 0 atom stereocenters. The molecule has 4 heterocycles. The van der Waals surface area contributed by atoms with Gasteiger partial charge in [-0.05, 0) is 30.4 Å². The van der Waals surface area contributed by atoms with Crippen LogP contribution < -0.4 is 5.32 Å². The molecule has 3 aromatic heterocycles. The molecule has 1 aromatic carbocycles. The number of hydrogen-bond acceptors (Lipinski definition) is 5. The molecule has 30 heavy (non-hydrogen) atoms. The van der Waals surface area contributed by atoms with Crippen molar-refractivity contribution in [2.24, 2.45) is 0 Å². The lowest BCUT2D eigenvalue weighted by Crippen LogP contribution is -2.42. The molecule has 1 fully saturated rings. The molecule has 0 bridgehead atoms. The number of rotatable bonds is 4. The number of nitrogens with zero attached hydrogens (tertiary/aromatic N) is 3. The number of H-pyrrole nitrogens is 1. The smallest absolute Gasteiger partial charge is 0.263 e. The fraction of sp³-hybridized carbons (Fsp3) is 0.227. The van der Waals surface area contributed by atoms with Crippen molar-refractivity contribution in [3.8, 4) is 11.3 Å². The van der Waals surface area contributed by atoms with Crippen molar-refractivity contribution < 1.29 is 4.79 Å². The van der Waals surface area contributed by atoms with Gasteiger partial charge in [0, 0.05) is 41.8 Å². The van der Waals surface area contributed by atoms with E-state index in [9.17, 15) is 4.79 Å². The summed E-state index contributed by atoms with van der Waals surface area (Å²) < 4.78 is 0. The third kappa shape index (κ3) is 3.66. The number of nitrogens with one attached hydrogen (secondary N) is 2. The molecule has 0 spiro atoms. The molecule has 152 valence electrons. The Kier molecular flexibility index (Phi) is 5.14. The van der Waals surface area contributed by atoms with Gasteiger partial charge in [0.25, 0.3) is 5.91 Å². The van der Waals surface area contributed by atoms with E-state index < -0.39 is 0 Å². The Morgan fingerprint density at radius 1 is 1.20 bits per heavy atom. The van der Waals surface area contributed by atoms with Crippen LogP contribution >= 0.6 is 22.9 Å². The van der Waals surface area contributed by atoms with E-state index in [1.807, 2.05) is 52.9 Å². The minimum Gasteiger partial charge on any atom is -0.360 e. The number of carbonyl (C=O) groups is 1. The van der Waals surface area contributed by atoms with Crippen LogP contribution in [0.3, 0.4) is 0 Å². The highest BCUT2D eigenvalue weighted by atomic mass is 35.5. The molecular weight excluding hydrogens is 418 g/mol. The second-order valence-electron chi connectivity index (χ2n) is 7.33. The third-order valence-corrected chi connectivity index (χ3v) is 6.57. The molecule has 6 nitrogen and oxygen atoms in total. The Morgan fingerprint density at radius 3 is 2.83 bits per heavy atom. The second kappa shape index (κ2) is 8.08. The molecule has 0 aliphatic carbocycles. The van der Waals surface area contributed by atoms with Crippen molar-refractivity contribution in [1.82, 2.24) is 19.9 Å². The van der Waals surface area contributed by atoms with Gasteiger partial charge in [-0.15, -0.1) is 11.3 Å². The van der Waals surface area contributed by atoms with E-state index in [4.69, 9.17) is 16.6 Å². The Labute approximate surface area is 182 Å². The van der Waals surface area contributed by atoms with E-state index in [2.05, 4.69) is 15.3 Å². The first-order valence-corrected chi connectivity index (χ1v) is 11.1. The minimum absolute atomic E-state index is 0.118. The van der Waals surface area contributed by atoms with Gasteiger partial charge < -0.3 is 15.2 Å². The number of amides is 1. The summed E-state index contributed by atoms with van der Waals surface area (Å²) in [6.07, 6.45) is 5.28. The highest BCUT2D eigenvalue weighted by molar-refractivity contribution is 7.12. The molecule has 2 N–H and O–H groups in total. The number of aromatic nitrogens is 3. The predicted octanol–water partition coefficient (Wildman–Crippen LogP) is 5.06. The maximum atomic E-state index is 12.5. The van der Waals surface area contributed by atoms with E-state index in [1.165, 1.54) is 11.3 Å². The predicted molar refractivity (Wildman–Crippen MR) is 121 cm³/mol. The van der Waals surface area contributed by atoms with Crippen LogP contribution in [0, 0.1) is 0 Å². The average Bonchev–Trinajstić information content (AvgIpc) is 3.45. The maximum Gasteiger partial charge on any atom is 0.263 e. The summed E-state index contributed by atoms with van der Waals surface area (Å²) in [5.74, 6) is 0.676. The van der Waals surface area contributed by atoms with Crippen molar-refractivity contribution in [1.29, 1.82) is 0 Å². The molecule has 1 amide bonds. The van der Waals surface area contributed by atoms with Gasteiger partial charge in [-0.2, -0.15) is 0 Å². The van der Waals surface area contributed by atoms with Crippen molar-refractivity contribution in [3.63, 3.8) is 0 Å². The molecule has 5 rings (SSSR count). The highest BCUT2D eigenvalue weighted by Crippen LogP contribution is 2.32. The van der Waals surface area contributed by atoms with Crippen molar-refractivity contribution in [2.75, 3.05) is 18.4 Å². The van der Waals surface area contributed by atoms with Crippen LogP contribution in [0.15, 0.2) is 54.2 Å². The zero-order chi connectivity index (χ0) is 20.5. The van der Waals surface area contributed by atoms with Crippen LogP contribution in [0.5, 0.6) is 0 Å². The van der Waals surface area contributed by atoms with Crippen LogP contribution in [-0.4, -0.2) is 44.9 Å². The second-order valence-corrected chi connectivity index (χ2v) is 8.68. The zero-order valence-electron chi connectivity index (χ0n) is 16.1. The normalized spacial score (nSPS) is 14.9. The van der Waals surface area contributed by atoms with Gasteiger partial charge in [-0.25, -0.2) is 9.97 Å². The Balaban J connectivity index is 1.30. The lowest BCUT2D eigenvalue weighted by Gasteiger charge is -2.32. The number of halogens is 1. The summed E-state index contributed by atoms with van der Waals surface area (Å²) in [4.78, 5) is 27.6. The number of aromatic amines is 1. The molecule has 0 saturated carbocycles. The summed E-state index contributed by atoms with van der Waals surface area (Å²) in [6, 6.07) is 12.1. The highest BCUT2D eigenvalue weighted by Gasteiger charge is 2.25. The van der Waals surface area contributed by atoms with E-state index in [1.54, 1.807) is 6.20 Å². The summed E-state index contributed by atoms with van der Waals surface area (Å²) in [5, 5.41) is 6.95. The fourth-order valence-electron chi connectivity index (χ4n) is 3.86. The SMILES string of the molecule is O=C(c1cccs1)N1CCC(Nc2ncc(Cl)c(-c3c[nH]c4ccccc34)n2)CC1. The Morgan fingerprint density at radius 2 is 2.03 bits per heavy atom. The molecule has 0 unspecified atom stereocenters. The molecule has 1 aliphatic rings. The summed E-state index contributed by atoms with van der Waals surface area (Å²) in [7, 11) is 0. The molecule has 1 aliphatic heterocycles. The first-order chi connectivity index (χ1) is 14.7. The van der Waals surface area contributed by atoms with Crippen molar-refractivity contribution in [2.45, 2.75) is 18.9 Å². The number of thiophene rings is 1. The lowest BCUT2D eigenvalue weighted by molar-refractivity contribution is 0.0723. The van der Waals surface area contributed by atoms with Gasteiger partial charge in [-0.1, -0.05) is 35.9 Å². The van der Waals surface area contributed by atoms with Crippen LogP contribution in [0.2, 0.25) is 5.02 Å². The minimum atomic E-state index is 0.118. The number of benzene rings is 1. The van der Waals surface area contributed by atoms with E-state index in [-0.39, 0.29) is 11.9 Å². The van der Waals surface area contributed by atoms with E-state index in [0.717, 1.165) is 47.3 Å². The number of fused-ring (bicyclic) bond motifs is 1. The number of carbonyl (C=O) groups excluding carboxylic acids is 1. The number of likely N-dealkylation sites (tertiary alicyclic amines) is 1. The van der Waals surface area contributed by atoms with E-state index >= 15 is 0 Å². The fourth-order valence-corrected chi connectivity index (χ4v) is 4.74. The molecule has 4 aromatic rings. The van der Waals surface area contributed by atoms with Gasteiger partial charge in [-0.3, -0.25) is 4.79 Å². The van der Waals surface area contributed by atoms with Gasteiger partial charge in [0.05, 0.1) is 21.8 Å². The van der Waals surface area contributed by atoms with E-state index in [0.29, 0.717) is 16.7 Å². The summed E-state index contributed by atoms with van der Waals surface area (Å²) >= 11 is 7.91. The standard InChI is InChI=1S/C22H20ClN5OS/c23-17-13-25-22(27-20(17)16-12-24-18-5-2-1-4-15(16)18)26-14-7-9-28(10-8-14)21(29)19-6-3-11-30-19/h1-6,11-14,24H,7-10H2,(H,25,26,27). The number of hydrogen-bond donors (Lipinski definition) is 2. The van der Waals surface area contributed by atoms with Gasteiger partial charge in [0.1, 0.15) is 0 Å². The first-order valence-electron chi connectivity index (χ1n) is 9.87. The molecule has 8 heteroatoms. The van der Waals surface area contributed by atoms with Gasteiger partial charge in [0.2, 0.25) is 5.95 Å². The third-order valence-electron chi connectivity index (χ3n) is 5.44. The largest absolute Gasteiger partial charge is 0.360 e. The quantitative estimate of drug-likeness (QED) is 0.468. The van der Waals surface area contributed by atoms with Crippen LogP contribution in [0.4, 0.5) is 5.95 Å². The number of anilines is 1. The number of piperidine rings is 1. The Bertz CT molecular complexity index is 1180. The maximum absolute atomic E-state index is 12.5. The van der Waals surface area contributed by atoms with Gasteiger partial charge in [0.15, 0.2) is 0 Å². The zero-order valence-corrected chi connectivity index (χ0v) is 17.7. The monoisotopic (exact) mass is 437 g/mol. The van der Waals surface area contributed by atoms with Crippen molar-refractivity contribution in [3.05, 3.63) is 64.1 Å². The van der Waals surface area contributed by atoms with Crippen LogP contribution in [0.25, 0.3) is 22.2 Å². The topological polar surface area (TPSA) is 73.9 Å². The first kappa shape index (κ1) is 19.1. The van der Waals surface area contributed by atoms with Crippen molar-refractivity contribution >= 4 is 45.7 Å². The van der Waals surface area contributed by atoms with Crippen LogP contribution in [0.1, 0.15) is 22.5 Å². The Hall–Kier alpha value is -2.90. The number of para-hydroxylation sites is 1. The van der Waals surface area contributed by atoms with Gasteiger partial charge >= 0.3 is 0 Å². The lowest BCUT2D eigenvalue weighted by atomic mass is 10.1.